The fourth-order valence-corrected chi connectivity index (χ4v) is 2.53. The van der Waals surface area contributed by atoms with Crippen molar-refractivity contribution in [2.75, 3.05) is 32.1 Å². The summed E-state index contributed by atoms with van der Waals surface area (Å²) in [7, 11) is 3.41. The van der Waals surface area contributed by atoms with E-state index in [0.29, 0.717) is 11.4 Å². The SMILES string of the molecule is CCOC(=O)C1(N(C)C)CN(C(=O)OC(C)(C)C)c2ccccc2O1. The van der Waals surface area contributed by atoms with Crippen LogP contribution in [-0.4, -0.2) is 55.5 Å². The number of carbonyl (C=O) groups is 2. The van der Waals surface area contributed by atoms with Gasteiger partial charge in [0.15, 0.2) is 0 Å². The van der Waals surface area contributed by atoms with Crippen LogP contribution in [0.4, 0.5) is 10.5 Å². The maximum atomic E-state index is 12.7. The van der Waals surface area contributed by atoms with Crippen molar-refractivity contribution < 1.29 is 23.8 Å². The zero-order valence-electron chi connectivity index (χ0n) is 15.7. The van der Waals surface area contributed by atoms with Gasteiger partial charge in [0.1, 0.15) is 11.4 Å². The molecule has 1 unspecified atom stereocenters. The third-order valence-electron chi connectivity index (χ3n) is 3.74. The Morgan fingerprint density at radius 2 is 1.92 bits per heavy atom. The number of nitrogens with zero attached hydrogens (tertiary/aromatic N) is 2. The molecule has 1 amide bonds. The van der Waals surface area contributed by atoms with E-state index in [1.165, 1.54) is 4.90 Å². The number of esters is 1. The van der Waals surface area contributed by atoms with E-state index in [2.05, 4.69) is 0 Å². The van der Waals surface area contributed by atoms with Gasteiger partial charge in [-0.3, -0.25) is 9.80 Å². The third-order valence-corrected chi connectivity index (χ3v) is 3.74. The Bertz CT molecular complexity index is 653. The molecular formula is C18H26N2O5. The number of likely N-dealkylation sites (N-methyl/N-ethyl adjacent to an activating group) is 1. The average Bonchev–Trinajstić information content (AvgIpc) is 2.52. The summed E-state index contributed by atoms with van der Waals surface area (Å²) in [6.45, 7) is 7.28. The molecule has 1 heterocycles. The van der Waals surface area contributed by atoms with E-state index in [1.807, 2.05) is 0 Å². The minimum absolute atomic E-state index is 0.0369. The average molecular weight is 350 g/mol. The van der Waals surface area contributed by atoms with Gasteiger partial charge >= 0.3 is 12.1 Å². The van der Waals surface area contributed by atoms with Gasteiger partial charge < -0.3 is 14.2 Å². The van der Waals surface area contributed by atoms with Crippen LogP contribution in [-0.2, 0) is 14.3 Å². The van der Waals surface area contributed by atoms with Gasteiger partial charge in [-0.05, 0) is 53.9 Å². The first kappa shape index (κ1) is 19.1. The van der Waals surface area contributed by atoms with Gasteiger partial charge in [-0.25, -0.2) is 9.59 Å². The Labute approximate surface area is 148 Å². The molecule has 1 aliphatic heterocycles. The fraction of sp³-hybridized carbons (Fsp3) is 0.556. The maximum Gasteiger partial charge on any atom is 0.415 e. The van der Waals surface area contributed by atoms with Crippen LogP contribution in [0.2, 0.25) is 0 Å². The number of para-hydroxylation sites is 2. The van der Waals surface area contributed by atoms with Gasteiger partial charge in [-0.2, -0.15) is 0 Å². The van der Waals surface area contributed by atoms with E-state index in [0.717, 1.165) is 0 Å². The lowest BCUT2D eigenvalue weighted by atomic mass is 10.1. The molecule has 2 rings (SSSR count). The predicted molar refractivity (Wildman–Crippen MR) is 93.7 cm³/mol. The second-order valence-corrected chi connectivity index (χ2v) is 7.04. The van der Waals surface area contributed by atoms with E-state index in [9.17, 15) is 9.59 Å². The summed E-state index contributed by atoms with van der Waals surface area (Å²) in [6, 6.07) is 7.04. The van der Waals surface area contributed by atoms with Crippen LogP contribution >= 0.6 is 0 Å². The van der Waals surface area contributed by atoms with Crippen LogP contribution in [0, 0.1) is 0 Å². The van der Waals surface area contributed by atoms with Gasteiger partial charge in [0.05, 0.1) is 18.8 Å². The normalized spacial score (nSPS) is 19.9. The summed E-state index contributed by atoms with van der Waals surface area (Å²) in [5, 5.41) is 0. The number of fused-ring (bicyclic) bond motifs is 1. The Morgan fingerprint density at radius 3 is 2.48 bits per heavy atom. The molecule has 1 aromatic carbocycles. The fourth-order valence-electron chi connectivity index (χ4n) is 2.53. The molecule has 25 heavy (non-hydrogen) atoms. The Hall–Kier alpha value is -2.28. The van der Waals surface area contributed by atoms with Crippen LogP contribution in [0.25, 0.3) is 0 Å². The largest absolute Gasteiger partial charge is 0.462 e. The molecular weight excluding hydrogens is 324 g/mol. The lowest BCUT2D eigenvalue weighted by Crippen LogP contribution is -2.65. The van der Waals surface area contributed by atoms with Crippen molar-refractivity contribution in [1.82, 2.24) is 4.90 Å². The summed E-state index contributed by atoms with van der Waals surface area (Å²) in [6.07, 6.45) is -0.543. The van der Waals surface area contributed by atoms with E-state index in [-0.39, 0.29) is 13.2 Å². The van der Waals surface area contributed by atoms with E-state index in [4.69, 9.17) is 14.2 Å². The molecule has 0 aliphatic carbocycles. The molecule has 7 nitrogen and oxygen atoms in total. The molecule has 0 saturated heterocycles. The minimum Gasteiger partial charge on any atom is -0.462 e. The van der Waals surface area contributed by atoms with Crippen molar-refractivity contribution in [3.63, 3.8) is 0 Å². The highest BCUT2D eigenvalue weighted by Gasteiger charge is 2.52. The monoisotopic (exact) mass is 350 g/mol. The molecule has 0 fully saturated rings. The second-order valence-electron chi connectivity index (χ2n) is 7.04. The van der Waals surface area contributed by atoms with Crippen LogP contribution in [0.3, 0.4) is 0 Å². The number of amides is 1. The first-order valence-corrected chi connectivity index (χ1v) is 8.24. The van der Waals surface area contributed by atoms with E-state index in [1.54, 1.807) is 71.0 Å². The predicted octanol–water partition coefficient (Wildman–Crippen LogP) is 2.64. The topological polar surface area (TPSA) is 68.3 Å². The highest BCUT2D eigenvalue weighted by Crippen LogP contribution is 2.39. The Morgan fingerprint density at radius 1 is 1.28 bits per heavy atom. The standard InChI is InChI=1S/C18H26N2O5/c1-7-23-15(21)18(19(5)6)12-20(16(22)25-17(2,3)4)13-10-8-9-11-14(13)24-18/h8-11H,7,12H2,1-6H3. The summed E-state index contributed by atoms with van der Waals surface area (Å²) < 4.78 is 16.7. The molecule has 1 aliphatic rings. The van der Waals surface area contributed by atoms with Crippen molar-refractivity contribution in [3.05, 3.63) is 24.3 Å². The van der Waals surface area contributed by atoms with Crippen LogP contribution in [0.15, 0.2) is 24.3 Å². The van der Waals surface area contributed by atoms with Crippen LogP contribution in [0.5, 0.6) is 5.75 Å². The van der Waals surface area contributed by atoms with E-state index < -0.39 is 23.4 Å². The second kappa shape index (κ2) is 6.92. The van der Waals surface area contributed by atoms with Gasteiger partial charge in [-0.15, -0.1) is 0 Å². The maximum absolute atomic E-state index is 12.7. The quantitative estimate of drug-likeness (QED) is 0.781. The number of hydrogen-bond donors (Lipinski definition) is 0. The third kappa shape index (κ3) is 3.87. The van der Waals surface area contributed by atoms with Crippen molar-refractivity contribution in [3.8, 4) is 5.75 Å². The summed E-state index contributed by atoms with van der Waals surface area (Å²) in [5.74, 6) is -0.135. The molecule has 1 aromatic rings. The van der Waals surface area contributed by atoms with Gasteiger partial charge in [0.2, 0.25) is 0 Å². The van der Waals surface area contributed by atoms with Crippen LogP contribution < -0.4 is 9.64 Å². The lowest BCUT2D eigenvalue weighted by molar-refractivity contribution is -0.177. The van der Waals surface area contributed by atoms with Crippen molar-refractivity contribution in [2.24, 2.45) is 0 Å². The zero-order valence-corrected chi connectivity index (χ0v) is 15.7. The van der Waals surface area contributed by atoms with Crippen LogP contribution in [0.1, 0.15) is 27.7 Å². The smallest absolute Gasteiger partial charge is 0.415 e. The molecule has 7 heteroatoms. The van der Waals surface area contributed by atoms with Gasteiger partial charge in [0, 0.05) is 0 Å². The van der Waals surface area contributed by atoms with Gasteiger partial charge in [-0.1, -0.05) is 12.1 Å². The van der Waals surface area contributed by atoms with Gasteiger partial charge in [0.25, 0.3) is 5.72 Å². The van der Waals surface area contributed by atoms with E-state index >= 15 is 0 Å². The number of carbonyl (C=O) groups excluding carboxylic acids is 2. The Kier molecular flexibility index (Phi) is 5.27. The summed E-state index contributed by atoms with van der Waals surface area (Å²) in [4.78, 5) is 28.4. The lowest BCUT2D eigenvalue weighted by Gasteiger charge is -2.44. The summed E-state index contributed by atoms with van der Waals surface area (Å²) in [5.41, 5.74) is -1.55. The molecule has 0 radical (unpaired) electrons. The highest BCUT2D eigenvalue weighted by atomic mass is 16.6. The molecule has 0 spiro atoms. The molecule has 138 valence electrons. The number of hydrogen-bond acceptors (Lipinski definition) is 6. The number of benzene rings is 1. The molecule has 1 atom stereocenters. The zero-order chi connectivity index (χ0) is 18.8. The first-order valence-electron chi connectivity index (χ1n) is 8.24. The molecule has 0 N–H and O–H groups in total. The number of anilines is 1. The number of rotatable bonds is 3. The summed E-state index contributed by atoms with van der Waals surface area (Å²) >= 11 is 0. The van der Waals surface area contributed by atoms with Crippen molar-refractivity contribution >= 4 is 17.7 Å². The number of ether oxygens (including phenoxy) is 3. The minimum atomic E-state index is -1.44. The molecule has 0 saturated carbocycles. The van der Waals surface area contributed by atoms with Crippen molar-refractivity contribution in [1.29, 1.82) is 0 Å². The Balaban J connectivity index is 2.48. The van der Waals surface area contributed by atoms with Crippen molar-refractivity contribution in [2.45, 2.75) is 39.0 Å². The molecule has 0 bridgehead atoms. The highest BCUT2D eigenvalue weighted by molar-refractivity contribution is 5.93. The first-order chi connectivity index (χ1) is 11.6. The molecule has 0 aromatic heterocycles.